The maximum atomic E-state index is 13.8. The van der Waals surface area contributed by atoms with Crippen LogP contribution in [0, 0.1) is 17.0 Å². The highest BCUT2D eigenvalue weighted by Crippen LogP contribution is 2.30. The zero-order chi connectivity index (χ0) is 14.5. The average molecular weight is 278 g/mol. The molecule has 1 atom stereocenters. The first kappa shape index (κ1) is 13.9. The third-order valence-corrected chi connectivity index (χ3v) is 2.62. The van der Waals surface area contributed by atoms with Crippen molar-refractivity contribution in [1.82, 2.24) is 9.97 Å². The number of rotatable bonds is 5. The van der Waals surface area contributed by atoms with Crippen molar-refractivity contribution in [2.45, 2.75) is 6.10 Å². The van der Waals surface area contributed by atoms with E-state index < -0.39 is 17.7 Å². The molecule has 2 rings (SSSR count). The predicted octanol–water partition coefficient (Wildman–Crippen LogP) is 2.34. The van der Waals surface area contributed by atoms with Crippen molar-refractivity contribution in [3.63, 3.8) is 0 Å². The predicted molar refractivity (Wildman–Crippen MR) is 70.6 cm³/mol. The van der Waals surface area contributed by atoms with Gasteiger partial charge in [-0.3, -0.25) is 0 Å². The van der Waals surface area contributed by atoms with E-state index in [1.165, 1.54) is 30.7 Å². The second kappa shape index (κ2) is 6.07. The molecule has 1 unspecified atom stereocenters. The van der Waals surface area contributed by atoms with E-state index >= 15 is 0 Å². The highest BCUT2D eigenvalue weighted by atomic mass is 19.2. The van der Waals surface area contributed by atoms with E-state index in [4.69, 9.17) is 5.41 Å². The monoisotopic (exact) mass is 278 g/mol. The Kier molecular flexibility index (Phi) is 4.21. The van der Waals surface area contributed by atoms with Gasteiger partial charge < -0.3 is 20.8 Å². The molecule has 1 aromatic carbocycles. The molecular formula is C13H12F2N4O. The lowest BCUT2D eigenvalue weighted by molar-refractivity contribution is 0.211. The number of halogens is 2. The number of hydrogen-bond donors (Lipinski definition) is 4. The molecule has 0 aliphatic heterocycles. The summed E-state index contributed by atoms with van der Waals surface area (Å²) in [6.45, 7) is 0. The van der Waals surface area contributed by atoms with Crippen LogP contribution in [0.15, 0.2) is 36.8 Å². The highest BCUT2D eigenvalue weighted by molar-refractivity contribution is 5.69. The Morgan fingerprint density at radius 2 is 2.20 bits per heavy atom. The molecule has 0 amide bonds. The van der Waals surface area contributed by atoms with Gasteiger partial charge in [-0.05, 0) is 12.1 Å². The number of nitrogens with zero attached hydrogens (tertiary/aromatic N) is 1. The van der Waals surface area contributed by atoms with Gasteiger partial charge in [0.1, 0.15) is 11.9 Å². The van der Waals surface area contributed by atoms with Gasteiger partial charge in [-0.15, -0.1) is 0 Å². The van der Waals surface area contributed by atoms with Gasteiger partial charge in [0.25, 0.3) is 0 Å². The Morgan fingerprint density at radius 3 is 2.85 bits per heavy atom. The van der Waals surface area contributed by atoms with Crippen molar-refractivity contribution in [2.75, 3.05) is 5.32 Å². The molecule has 2 aromatic rings. The van der Waals surface area contributed by atoms with Gasteiger partial charge in [0.2, 0.25) is 0 Å². The van der Waals surface area contributed by atoms with Gasteiger partial charge >= 0.3 is 0 Å². The van der Waals surface area contributed by atoms with E-state index in [-0.39, 0.29) is 17.1 Å². The van der Waals surface area contributed by atoms with Crippen LogP contribution in [0.2, 0.25) is 0 Å². The Bertz CT molecular complexity index is 626. The molecule has 0 spiro atoms. The van der Waals surface area contributed by atoms with Gasteiger partial charge in [-0.25, -0.2) is 13.8 Å². The number of hydrogen-bond acceptors (Lipinski definition) is 4. The average Bonchev–Trinajstić information content (AvgIpc) is 2.97. The summed E-state index contributed by atoms with van der Waals surface area (Å²) in [5, 5.41) is 19.5. The minimum atomic E-state index is -1.23. The third kappa shape index (κ3) is 2.72. The number of imidazole rings is 1. The number of aromatic nitrogens is 2. The summed E-state index contributed by atoms with van der Waals surface area (Å²) in [6, 6.07) is 2.20. The first-order chi connectivity index (χ1) is 9.65. The molecule has 20 heavy (non-hydrogen) atoms. The summed E-state index contributed by atoms with van der Waals surface area (Å²) in [7, 11) is 0. The number of H-pyrrole nitrogens is 1. The second-order valence-electron chi connectivity index (χ2n) is 3.87. The number of anilines is 1. The van der Waals surface area contributed by atoms with E-state index in [1.54, 1.807) is 0 Å². The molecule has 5 nitrogen and oxygen atoms in total. The topological polar surface area (TPSA) is 84.8 Å². The standard InChI is InChI=1S/C13H12F2N4O/c14-9-3-2-8(12(20)13-18-6-7-19-13)11(10(9)15)17-5-1-4-16/h1-7,12,16-17,20H,(H,18,19)/b5-1-,16-4?. The van der Waals surface area contributed by atoms with Crippen LogP contribution in [0.5, 0.6) is 0 Å². The molecule has 7 heteroatoms. The minimum absolute atomic E-state index is 0.133. The van der Waals surface area contributed by atoms with Crippen molar-refractivity contribution in [3.8, 4) is 0 Å². The number of benzene rings is 1. The molecule has 0 aliphatic carbocycles. The van der Waals surface area contributed by atoms with Crippen LogP contribution in [0.1, 0.15) is 17.5 Å². The summed E-state index contributed by atoms with van der Waals surface area (Å²) >= 11 is 0. The van der Waals surface area contributed by atoms with Crippen LogP contribution in [0.3, 0.4) is 0 Å². The van der Waals surface area contributed by atoms with Crippen molar-refractivity contribution in [2.24, 2.45) is 0 Å². The van der Waals surface area contributed by atoms with E-state index in [2.05, 4.69) is 15.3 Å². The molecule has 0 saturated heterocycles. The molecule has 104 valence electrons. The molecule has 0 aliphatic rings. The quantitative estimate of drug-likeness (QED) is 0.633. The third-order valence-electron chi connectivity index (χ3n) is 2.62. The number of aliphatic hydroxyl groups excluding tert-OH is 1. The van der Waals surface area contributed by atoms with Crippen LogP contribution >= 0.6 is 0 Å². The van der Waals surface area contributed by atoms with Gasteiger partial charge in [0, 0.05) is 30.4 Å². The van der Waals surface area contributed by atoms with E-state index in [1.807, 2.05) is 0 Å². The lowest BCUT2D eigenvalue weighted by Gasteiger charge is -2.15. The van der Waals surface area contributed by atoms with Crippen molar-refractivity contribution in [3.05, 3.63) is 59.8 Å². The molecule has 0 radical (unpaired) electrons. The Hall–Kier alpha value is -2.54. The molecule has 0 bridgehead atoms. The largest absolute Gasteiger partial charge is 0.380 e. The van der Waals surface area contributed by atoms with Crippen LogP contribution < -0.4 is 5.32 Å². The van der Waals surface area contributed by atoms with Gasteiger partial charge in [-0.1, -0.05) is 6.07 Å². The fraction of sp³-hybridized carbons (Fsp3) is 0.0769. The SMILES string of the molecule is N=C/C=C\Nc1c(C(O)c2ncc[nH]2)ccc(F)c1F. The molecule has 1 aromatic heterocycles. The lowest BCUT2D eigenvalue weighted by Crippen LogP contribution is -2.08. The van der Waals surface area contributed by atoms with Gasteiger partial charge in [-0.2, -0.15) is 0 Å². The van der Waals surface area contributed by atoms with Crippen LogP contribution in [-0.4, -0.2) is 21.3 Å². The van der Waals surface area contributed by atoms with Gasteiger partial charge in [0.05, 0.1) is 5.69 Å². The summed E-state index contributed by atoms with van der Waals surface area (Å²) < 4.78 is 27.1. The van der Waals surface area contributed by atoms with Crippen molar-refractivity contribution < 1.29 is 13.9 Å². The normalized spacial score (nSPS) is 12.6. The maximum absolute atomic E-state index is 13.8. The van der Waals surface area contributed by atoms with E-state index in [9.17, 15) is 13.9 Å². The Labute approximate surface area is 113 Å². The lowest BCUT2D eigenvalue weighted by atomic mass is 10.1. The molecular weight excluding hydrogens is 266 g/mol. The van der Waals surface area contributed by atoms with Crippen LogP contribution in [-0.2, 0) is 0 Å². The van der Waals surface area contributed by atoms with Crippen molar-refractivity contribution in [1.29, 1.82) is 5.41 Å². The number of nitrogens with one attached hydrogen (secondary N) is 3. The van der Waals surface area contributed by atoms with Crippen LogP contribution in [0.4, 0.5) is 14.5 Å². The molecule has 1 heterocycles. The zero-order valence-corrected chi connectivity index (χ0v) is 10.3. The van der Waals surface area contributed by atoms with Crippen LogP contribution in [0.25, 0.3) is 0 Å². The number of aliphatic hydroxyl groups is 1. The van der Waals surface area contributed by atoms with E-state index in [0.717, 1.165) is 12.3 Å². The highest BCUT2D eigenvalue weighted by Gasteiger charge is 2.21. The number of allylic oxidation sites excluding steroid dienone is 1. The second-order valence-corrected chi connectivity index (χ2v) is 3.87. The van der Waals surface area contributed by atoms with E-state index in [0.29, 0.717) is 0 Å². The zero-order valence-electron chi connectivity index (χ0n) is 10.3. The minimum Gasteiger partial charge on any atom is -0.380 e. The summed E-state index contributed by atoms with van der Waals surface area (Å²) in [5.41, 5.74) is -0.0690. The molecule has 4 N–H and O–H groups in total. The summed E-state index contributed by atoms with van der Waals surface area (Å²) in [5.74, 6) is -1.93. The Balaban J connectivity index is 2.43. The maximum Gasteiger partial charge on any atom is 0.182 e. The fourth-order valence-corrected chi connectivity index (χ4v) is 1.69. The first-order valence-electron chi connectivity index (χ1n) is 5.72. The van der Waals surface area contributed by atoms with Crippen molar-refractivity contribution >= 4 is 11.9 Å². The molecule has 0 saturated carbocycles. The Morgan fingerprint density at radius 1 is 1.40 bits per heavy atom. The first-order valence-corrected chi connectivity index (χ1v) is 5.72. The molecule has 0 fully saturated rings. The van der Waals surface area contributed by atoms with Gasteiger partial charge in [0.15, 0.2) is 11.6 Å². The summed E-state index contributed by atoms with van der Waals surface area (Å²) in [4.78, 5) is 6.58. The smallest absolute Gasteiger partial charge is 0.182 e. The number of aromatic amines is 1. The summed E-state index contributed by atoms with van der Waals surface area (Å²) in [6.07, 6.45) is 5.28. The fourth-order valence-electron chi connectivity index (χ4n) is 1.69.